The van der Waals surface area contributed by atoms with Crippen LogP contribution in [0.4, 0.5) is 0 Å². The van der Waals surface area contributed by atoms with E-state index >= 15 is 0 Å². The van der Waals surface area contributed by atoms with Crippen molar-refractivity contribution in [1.29, 1.82) is 0 Å². The Morgan fingerprint density at radius 2 is 2.24 bits per heavy atom. The lowest BCUT2D eigenvalue weighted by Crippen LogP contribution is -2.44. The van der Waals surface area contributed by atoms with E-state index in [0.29, 0.717) is 19.4 Å². The number of nitrogens with one attached hydrogen (secondary N) is 1. The largest absolute Gasteiger partial charge is 0.393 e. The van der Waals surface area contributed by atoms with Gasteiger partial charge in [0.05, 0.1) is 12.0 Å². The molecule has 1 fully saturated rings. The Balaban J connectivity index is 2.43. The van der Waals surface area contributed by atoms with Gasteiger partial charge in [-0.15, -0.1) is 0 Å². The number of carbonyl (C=O) groups excluding carboxylic acids is 2. The van der Waals surface area contributed by atoms with Crippen molar-refractivity contribution < 1.29 is 14.7 Å². The van der Waals surface area contributed by atoms with Gasteiger partial charge < -0.3 is 15.3 Å². The minimum Gasteiger partial charge on any atom is -0.393 e. The fourth-order valence-corrected chi connectivity index (χ4v) is 2.11. The summed E-state index contributed by atoms with van der Waals surface area (Å²) >= 11 is 0. The molecule has 1 rings (SSSR count). The molecule has 17 heavy (non-hydrogen) atoms. The summed E-state index contributed by atoms with van der Waals surface area (Å²) in [4.78, 5) is 25.1. The summed E-state index contributed by atoms with van der Waals surface area (Å²) in [6, 6.07) is 0. The van der Waals surface area contributed by atoms with Crippen LogP contribution in [0.5, 0.6) is 0 Å². The first-order chi connectivity index (χ1) is 8.04. The fourth-order valence-electron chi connectivity index (χ4n) is 2.11. The van der Waals surface area contributed by atoms with Crippen LogP contribution in [-0.2, 0) is 9.59 Å². The molecule has 1 aliphatic rings. The number of amides is 2. The number of likely N-dealkylation sites (tertiary alicyclic amines) is 1. The average molecular weight is 242 g/mol. The Kier molecular flexibility index (Phi) is 5.41. The SMILES string of the molecule is CNC(=O)C1CCCN(C(=O)CCC(C)O)C1. The quantitative estimate of drug-likeness (QED) is 0.736. The predicted octanol–water partition coefficient (Wildman–Crippen LogP) is 0.132. The monoisotopic (exact) mass is 242 g/mol. The van der Waals surface area contributed by atoms with Gasteiger partial charge in [0.25, 0.3) is 0 Å². The summed E-state index contributed by atoms with van der Waals surface area (Å²) in [6.07, 6.45) is 2.12. The second kappa shape index (κ2) is 6.59. The van der Waals surface area contributed by atoms with Crippen LogP contribution in [0, 0.1) is 5.92 Å². The summed E-state index contributed by atoms with van der Waals surface area (Å²) in [5, 5.41) is 11.8. The van der Waals surface area contributed by atoms with Crippen LogP contribution in [0.2, 0.25) is 0 Å². The van der Waals surface area contributed by atoms with Crippen molar-refractivity contribution >= 4 is 11.8 Å². The average Bonchev–Trinajstić information content (AvgIpc) is 2.35. The summed E-state index contributed by atoms with van der Waals surface area (Å²) in [6.45, 7) is 2.92. The number of carbonyl (C=O) groups is 2. The molecule has 2 N–H and O–H groups in total. The van der Waals surface area contributed by atoms with E-state index in [1.165, 1.54) is 0 Å². The van der Waals surface area contributed by atoms with E-state index in [9.17, 15) is 9.59 Å². The Hall–Kier alpha value is -1.10. The van der Waals surface area contributed by atoms with Crippen LogP contribution in [0.15, 0.2) is 0 Å². The summed E-state index contributed by atoms with van der Waals surface area (Å²) in [5.41, 5.74) is 0. The van der Waals surface area contributed by atoms with Gasteiger partial charge in [0.2, 0.25) is 11.8 Å². The maximum atomic E-state index is 11.8. The molecule has 2 atom stereocenters. The lowest BCUT2D eigenvalue weighted by atomic mass is 9.97. The molecule has 0 aromatic heterocycles. The zero-order chi connectivity index (χ0) is 12.8. The fraction of sp³-hybridized carbons (Fsp3) is 0.833. The molecule has 5 nitrogen and oxygen atoms in total. The number of aliphatic hydroxyl groups is 1. The Morgan fingerprint density at radius 1 is 1.53 bits per heavy atom. The summed E-state index contributed by atoms with van der Waals surface area (Å²) < 4.78 is 0. The van der Waals surface area contributed by atoms with Crippen molar-refractivity contribution in [2.45, 2.75) is 38.7 Å². The second-order valence-corrected chi connectivity index (χ2v) is 4.68. The molecule has 0 aromatic carbocycles. The third kappa shape index (κ3) is 4.34. The van der Waals surface area contributed by atoms with E-state index in [0.717, 1.165) is 19.4 Å². The normalized spacial score (nSPS) is 22.1. The molecule has 1 aliphatic heterocycles. The molecule has 2 amide bonds. The lowest BCUT2D eigenvalue weighted by molar-refractivity contribution is -0.136. The first kappa shape index (κ1) is 14.0. The second-order valence-electron chi connectivity index (χ2n) is 4.68. The van der Waals surface area contributed by atoms with E-state index in [-0.39, 0.29) is 17.7 Å². The lowest BCUT2D eigenvalue weighted by Gasteiger charge is -2.32. The first-order valence-electron chi connectivity index (χ1n) is 6.22. The van der Waals surface area contributed by atoms with Gasteiger partial charge >= 0.3 is 0 Å². The highest BCUT2D eigenvalue weighted by Crippen LogP contribution is 2.17. The van der Waals surface area contributed by atoms with Crippen LogP contribution in [0.1, 0.15) is 32.6 Å². The van der Waals surface area contributed by atoms with Crippen molar-refractivity contribution in [3.8, 4) is 0 Å². The van der Waals surface area contributed by atoms with Crippen molar-refractivity contribution in [3.63, 3.8) is 0 Å². The number of rotatable bonds is 4. The van der Waals surface area contributed by atoms with E-state index < -0.39 is 6.10 Å². The molecule has 1 saturated heterocycles. The highest BCUT2D eigenvalue weighted by molar-refractivity contribution is 5.81. The number of piperidine rings is 1. The van der Waals surface area contributed by atoms with Crippen LogP contribution < -0.4 is 5.32 Å². The number of hydrogen-bond acceptors (Lipinski definition) is 3. The molecule has 0 radical (unpaired) electrons. The smallest absolute Gasteiger partial charge is 0.224 e. The molecule has 98 valence electrons. The minimum absolute atomic E-state index is 0.0121. The summed E-state index contributed by atoms with van der Waals surface area (Å²) in [7, 11) is 1.62. The highest BCUT2D eigenvalue weighted by Gasteiger charge is 2.27. The molecular formula is C12H22N2O3. The molecule has 0 bridgehead atoms. The third-order valence-corrected chi connectivity index (χ3v) is 3.17. The van der Waals surface area contributed by atoms with Crippen LogP contribution >= 0.6 is 0 Å². The Labute approximate surface area is 102 Å². The van der Waals surface area contributed by atoms with Gasteiger partial charge in [-0.05, 0) is 26.2 Å². The van der Waals surface area contributed by atoms with Crippen LogP contribution in [0.3, 0.4) is 0 Å². The van der Waals surface area contributed by atoms with Gasteiger partial charge in [-0.25, -0.2) is 0 Å². The van der Waals surface area contributed by atoms with Crippen LogP contribution in [-0.4, -0.2) is 48.1 Å². The van der Waals surface area contributed by atoms with Gasteiger partial charge in [-0.2, -0.15) is 0 Å². The standard InChI is InChI=1S/C12H22N2O3/c1-9(15)5-6-11(16)14-7-3-4-10(8-14)12(17)13-2/h9-10,15H,3-8H2,1-2H3,(H,13,17). The topological polar surface area (TPSA) is 69.6 Å². The van der Waals surface area contributed by atoms with E-state index in [1.54, 1.807) is 18.9 Å². The predicted molar refractivity (Wildman–Crippen MR) is 64.3 cm³/mol. The van der Waals surface area contributed by atoms with Crippen molar-refractivity contribution in [2.24, 2.45) is 5.92 Å². The number of nitrogens with zero attached hydrogens (tertiary/aromatic N) is 1. The zero-order valence-corrected chi connectivity index (χ0v) is 10.6. The number of aliphatic hydroxyl groups excluding tert-OH is 1. The zero-order valence-electron chi connectivity index (χ0n) is 10.6. The van der Waals surface area contributed by atoms with E-state index in [4.69, 9.17) is 5.11 Å². The minimum atomic E-state index is -0.446. The van der Waals surface area contributed by atoms with Gasteiger partial charge in [0.1, 0.15) is 0 Å². The molecule has 2 unspecified atom stereocenters. The first-order valence-corrected chi connectivity index (χ1v) is 6.22. The molecule has 1 heterocycles. The van der Waals surface area contributed by atoms with Crippen molar-refractivity contribution in [1.82, 2.24) is 10.2 Å². The molecule has 0 aromatic rings. The Bertz CT molecular complexity index is 279. The molecule has 0 spiro atoms. The molecule has 0 saturated carbocycles. The van der Waals surface area contributed by atoms with E-state index in [1.807, 2.05) is 0 Å². The maximum absolute atomic E-state index is 11.8. The van der Waals surface area contributed by atoms with Gasteiger partial charge in [-0.1, -0.05) is 0 Å². The number of hydrogen-bond donors (Lipinski definition) is 2. The molecule has 0 aliphatic carbocycles. The highest BCUT2D eigenvalue weighted by atomic mass is 16.3. The Morgan fingerprint density at radius 3 is 2.82 bits per heavy atom. The van der Waals surface area contributed by atoms with Gasteiger partial charge in [0.15, 0.2) is 0 Å². The van der Waals surface area contributed by atoms with Crippen molar-refractivity contribution in [3.05, 3.63) is 0 Å². The maximum Gasteiger partial charge on any atom is 0.224 e. The third-order valence-electron chi connectivity index (χ3n) is 3.17. The molecule has 5 heteroatoms. The summed E-state index contributed by atoms with van der Waals surface area (Å²) in [5.74, 6) is -0.0261. The van der Waals surface area contributed by atoms with Crippen LogP contribution in [0.25, 0.3) is 0 Å². The van der Waals surface area contributed by atoms with Gasteiger partial charge in [0, 0.05) is 26.6 Å². The van der Waals surface area contributed by atoms with E-state index in [2.05, 4.69) is 5.32 Å². The van der Waals surface area contributed by atoms with Crippen molar-refractivity contribution in [2.75, 3.05) is 20.1 Å². The van der Waals surface area contributed by atoms with Gasteiger partial charge in [-0.3, -0.25) is 9.59 Å². The molecular weight excluding hydrogens is 220 g/mol.